The van der Waals surface area contributed by atoms with Gasteiger partial charge in [-0.25, -0.2) is 4.98 Å². The lowest BCUT2D eigenvalue weighted by atomic mass is 9.72. The predicted octanol–water partition coefficient (Wildman–Crippen LogP) is 2.28. The molecule has 0 radical (unpaired) electrons. The highest BCUT2D eigenvalue weighted by molar-refractivity contribution is 5.95. The number of carbonyl (C=O) groups excluding carboxylic acids is 1. The van der Waals surface area contributed by atoms with Crippen molar-refractivity contribution in [1.82, 2.24) is 14.9 Å². The zero-order valence-corrected chi connectivity index (χ0v) is 15.1. The number of aliphatic hydroxyl groups is 1. The fourth-order valence-corrected chi connectivity index (χ4v) is 3.57. The smallest absolute Gasteiger partial charge is 0.314 e. The van der Waals surface area contributed by atoms with Gasteiger partial charge in [-0.15, -0.1) is 0 Å². The number of fused-ring (bicyclic) bond motifs is 1. The number of carboxylic acids is 1. The highest BCUT2D eigenvalue weighted by Gasteiger charge is 2.50. The molecule has 140 valence electrons. The van der Waals surface area contributed by atoms with Gasteiger partial charge in [0.15, 0.2) is 0 Å². The zero-order valence-electron chi connectivity index (χ0n) is 15.1. The summed E-state index contributed by atoms with van der Waals surface area (Å²) in [6.07, 6.45) is 2.07. The van der Waals surface area contributed by atoms with Crippen LogP contribution in [0, 0.1) is 11.3 Å². The van der Waals surface area contributed by atoms with E-state index in [-0.39, 0.29) is 24.6 Å². The Morgan fingerprint density at radius 1 is 1.38 bits per heavy atom. The number of rotatable bonds is 5. The van der Waals surface area contributed by atoms with Crippen LogP contribution in [-0.4, -0.2) is 56.2 Å². The Kier molecular flexibility index (Phi) is 5.00. The number of aromatic nitrogens is 2. The van der Waals surface area contributed by atoms with Crippen LogP contribution in [0.5, 0.6) is 0 Å². The van der Waals surface area contributed by atoms with Crippen molar-refractivity contribution >= 4 is 22.9 Å². The highest BCUT2D eigenvalue weighted by atomic mass is 16.4. The molecular formula is C19H25N3O4. The molecule has 1 fully saturated rings. The lowest BCUT2D eigenvalue weighted by Crippen LogP contribution is -2.57. The molecule has 0 unspecified atom stereocenters. The standard InChI is InChI=1S/C19H25N3O4/c1-12(2)5-8-19(18(25)26)11-22(10-7-15(19)23)17(24)14-4-3-13-6-9-20-16(13)21-14/h3-4,6,9,12,15,23H,5,7-8,10-11H2,1-2H3,(H,20,21)(H,25,26)/t15-,19+/m0/s1. The molecule has 7 nitrogen and oxygen atoms in total. The molecule has 0 bridgehead atoms. The van der Waals surface area contributed by atoms with Crippen LogP contribution in [0.1, 0.15) is 43.6 Å². The number of hydrogen-bond donors (Lipinski definition) is 3. The Morgan fingerprint density at radius 3 is 2.85 bits per heavy atom. The van der Waals surface area contributed by atoms with E-state index >= 15 is 0 Å². The molecule has 0 saturated carbocycles. The average Bonchev–Trinajstić information content (AvgIpc) is 3.08. The molecule has 1 aliphatic rings. The van der Waals surface area contributed by atoms with Gasteiger partial charge in [0.25, 0.3) is 5.91 Å². The second-order valence-corrected chi connectivity index (χ2v) is 7.54. The van der Waals surface area contributed by atoms with Crippen molar-refractivity contribution in [3.8, 4) is 0 Å². The maximum atomic E-state index is 12.9. The van der Waals surface area contributed by atoms with Gasteiger partial charge in [0.05, 0.1) is 6.10 Å². The van der Waals surface area contributed by atoms with Gasteiger partial charge in [-0.2, -0.15) is 0 Å². The number of carbonyl (C=O) groups is 2. The minimum Gasteiger partial charge on any atom is -0.481 e. The van der Waals surface area contributed by atoms with E-state index in [1.165, 1.54) is 4.90 Å². The largest absolute Gasteiger partial charge is 0.481 e. The minimum atomic E-state index is -1.32. The molecular weight excluding hydrogens is 334 g/mol. The summed E-state index contributed by atoms with van der Waals surface area (Å²) in [6.45, 7) is 4.35. The third-order valence-electron chi connectivity index (χ3n) is 5.29. The lowest BCUT2D eigenvalue weighted by molar-refractivity contribution is -0.163. The van der Waals surface area contributed by atoms with Crippen LogP contribution in [0.15, 0.2) is 24.4 Å². The van der Waals surface area contributed by atoms with Crippen LogP contribution in [0.25, 0.3) is 11.0 Å². The zero-order chi connectivity index (χ0) is 18.9. The summed E-state index contributed by atoms with van der Waals surface area (Å²) in [7, 11) is 0. The van der Waals surface area contributed by atoms with Crippen LogP contribution in [0.3, 0.4) is 0 Å². The number of carboxylic acid groups (broad SMARTS) is 1. The molecule has 2 atom stereocenters. The number of amides is 1. The molecule has 2 aromatic rings. The van der Waals surface area contributed by atoms with Gasteiger partial charge in [-0.3, -0.25) is 9.59 Å². The first-order valence-corrected chi connectivity index (χ1v) is 8.98. The Labute approximate surface area is 152 Å². The topological polar surface area (TPSA) is 107 Å². The number of aromatic amines is 1. The molecule has 2 aromatic heterocycles. The lowest BCUT2D eigenvalue weighted by Gasteiger charge is -2.43. The number of piperidine rings is 1. The summed E-state index contributed by atoms with van der Waals surface area (Å²) in [5.41, 5.74) is -0.425. The van der Waals surface area contributed by atoms with Crippen LogP contribution in [0.2, 0.25) is 0 Å². The van der Waals surface area contributed by atoms with Crippen molar-refractivity contribution in [2.45, 2.75) is 39.2 Å². The van der Waals surface area contributed by atoms with Crippen LogP contribution in [0.4, 0.5) is 0 Å². The summed E-state index contributed by atoms with van der Waals surface area (Å²) in [4.78, 5) is 33.7. The summed E-state index contributed by atoms with van der Waals surface area (Å²) >= 11 is 0. The number of hydrogen-bond acceptors (Lipinski definition) is 4. The number of H-pyrrole nitrogens is 1. The van der Waals surface area contributed by atoms with Gasteiger partial charge < -0.3 is 20.1 Å². The number of nitrogens with one attached hydrogen (secondary N) is 1. The van der Waals surface area contributed by atoms with Crippen molar-refractivity contribution in [3.05, 3.63) is 30.1 Å². The molecule has 1 amide bonds. The second kappa shape index (κ2) is 7.07. The van der Waals surface area contributed by atoms with Crippen molar-refractivity contribution in [1.29, 1.82) is 0 Å². The summed E-state index contributed by atoms with van der Waals surface area (Å²) in [5, 5.41) is 21.2. The molecule has 3 N–H and O–H groups in total. The van der Waals surface area contributed by atoms with Crippen LogP contribution < -0.4 is 0 Å². The third kappa shape index (κ3) is 3.31. The first-order valence-electron chi connectivity index (χ1n) is 8.98. The maximum absolute atomic E-state index is 12.9. The number of pyridine rings is 1. The van der Waals surface area contributed by atoms with E-state index in [0.29, 0.717) is 31.0 Å². The minimum absolute atomic E-state index is 0.000499. The Balaban J connectivity index is 1.85. The fraction of sp³-hybridized carbons (Fsp3) is 0.526. The molecule has 26 heavy (non-hydrogen) atoms. The van der Waals surface area contributed by atoms with E-state index in [2.05, 4.69) is 9.97 Å². The second-order valence-electron chi connectivity index (χ2n) is 7.54. The average molecular weight is 359 g/mol. The van der Waals surface area contributed by atoms with E-state index in [0.717, 1.165) is 5.39 Å². The van der Waals surface area contributed by atoms with E-state index in [1.54, 1.807) is 12.3 Å². The maximum Gasteiger partial charge on any atom is 0.314 e. The van der Waals surface area contributed by atoms with Gasteiger partial charge in [-0.1, -0.05) is 13.8 Å². The summed E-state index contributed by atoms with van der Waals surface area (Å²) in [6, 6.07) is 5.34. The molecule has 1 aliphatic heterocycles. The Hall–Kier alpha value is -2.41. The van der Waals surface area contributed by atoms with E-state index < -0.39 is 17.5 Å². The summed E-state index contributed by atoms with van der Waals surface area (Å²) in [5.74, 6) is -1.03. The molecule has 0 aromatic carbocycles. The van der Waals surface area contributed by atoms with Crippen LogP contribution >= 0.6 is 0 Å². The fourth-order valence-electron chi connectivity index (χ4n) is 3.57. The predicted molar refractivity (Wildman–Crippen MR) is 96.8 cm³/mol. The number of likely N-dealkylation sites (tertiary alicyclic amines) is 1. The summed E-state index contributed by atoms with van der Waals surface area (Å²) < 4.78 is 0. The molecule has 0 spiro atoms. The van der Waals surface area contributed by atoms with E-state index in [1.807, 2.05) is 26.0 Å². The van der Waals surface area contributed by atoms with Gasteiger partial charge in [0.2, 0.25) is 0 Å². The van der Waals surface area contributed by atoms with Crippen molar-refractivity contribution in [2.24, 2.45) is 11.3 Å². The first-order chi connectivity index (χ1) is 12.3. The quantitative estimate of drug-likeness (QED) is 0.759. The Bertz CT molecular complexity index is 816. The number of aliphatic hydroxyl groups excluding tert-OH is 1. The van der Waals surface area contributed by atoms with E-state index in [9.17, 15) is 19.8 Å². The highest BCUT2D eigenvalue weighted by Crippen LogP contribution is 2.37. The van der Waals surface area contributed by atoms with Gasteiger partial charge in [-0.05, 0) is 43.4 Å². The van der Waals surface area contributed by atoms with Crippen molar-refractivity contribution < 1.29 is 19.8 Å². The van der Waals surface area contributed by atoms with Crippen molar-refractivity contribution in [3.63, 3.8) is 0 Å². The van der Waals surface area contributed by atoms with Crippen molar-refractivity contribution in [2.75, 3.05) is 13.1 Å². The van der Waals surface area contributed by atoms with Gasteiger partial charge in [0, 0.05) is 24.7 Å². The normalized spacial score (nSPS) is 23.5. The monoisotopic (exact) mass is 359 g/mol. The van der Waals surface area contributed by atoms with Gasteiger partial charge >= 0.3 is 5.97 Å². The molecule has 3 heterocycles. The number of nitrogens with zero attached hydrogens (tertiary/aromatic N) is 2. The van der Waals surface area contributed by atoms with E-state index in [4.69, 9.17) is 0 Å². The Morgan fingerprint density at radius 2 is 2.15 bits per heavy atom. The SMILES string of the molecule is CC(C)CC[C@@]1(C(=O)O)CN(C(=O)c2ccc3cc[nH]c3n2)CC[C@@H]1O. The first kappa shape index (κ1) is 18.4. The molecule has 7 heteroatoms. The molecule has 3 rings (SSSR count). The van der Waals surface area contributed by atoms with Gasteiger partial charge in [0.1, 0.15) is 16.8 Å². The third-order valence-corrected chi connectivity index (χ3v) is 5.29. The molecule has 1 saturated heterocycles. The number of aliphatic carboxylic acids is 1. The molecule has 0 aliphatic carbocycles. The van der Waals surface area contributed by atoms with Crippen LogP contribution in [-0.2, 0) is 4.79 Å².